The highest BCUT2D eigenvalue weighted by Crippen LogP contribution is 2.41. The quantitative estimate of drug-likeness (QED) is 0.836. The van der Waals surface area contributed by atoms with Crippen LogP contribution in [-0.4, -0.2) is 44.9 Å². The van der Waals surface area contributed by atoms with Crippen molar-refractivity contribution in [3.63, 3.8) is 0 Å². The van der Waals surface area contributed by atoms with Crippen LogP contribution < -0.4 is 9.47 Å². The van der Waals surface area contributed by atoms with Gasteiger partial charge in [-0.05, 0) is 29.7 Å². The molecule has 2 atom stereocenters. The maximum atomic E-state index is 6.50. The van der Waals surface area contributed by atoms with Crippen molar-refractivity contribution in [2.75, 3.05) is 40.0 Å². The minimum Gasteiger partial charge on any atom is -0.493 e. The maximum absolute atomic E-state index is 6.50. The maximum Gasteiger partial charge on any atom is 0.162 e. The van der Waals surface area contributed by atoms with E-state index in [-0.39, 0.29) is 6.10 Å². The number of morpholine rings is 1. The lowest BCUT2D eigenvalue weighted by Crippen LogP contribution is -2.40. The molecule has 4 rings (SSSR count). The van der Waals surface area contributed by atoms with Crippen molar-refractivity contribution < 1.29 is 14.2 Å². The van der Waals surface area contributed by atoms with Crippen LogP contribution in [-0.2, 0) is 11.2 Å². The molecule has 1 aliphatic heterocycles. The summed E-state index contributed by atoms with van der Waals surface area (Å²) < 4.78 is 17.5. The molecule has 0 spiro atoms. The second-order valence-corrected chi connectivity index (χ2v) is 6.77. The molecule has 0 amide bonds. The first-order chi connectivity index (χ1) is 12.3. The zero-order chi connectivity index (χ0) is 17.1. The molecule has 0 bridgehead atoms. The summed E-state index contributed by atoms with van der Waals surface area (Å²) in [5.74, 6) is 2.05. The van der Waals surface area contributed by atoms with E-state index in [1.165, 1.54) is 11.1 Å². The molecule has 0 N–H and O–H groups in total. The molecule has 2 aromatic carbocycles. The second-order valence-electron chi connectivity index (χ2n) is 6.77. The lowest BCUT2D eigenvalue weighted by molar-refractivity contribution is 0.0189. The van der Waals surface area contributed by atoms with E-state index in [9.17, 15) is 0 Å². The molecule has 2 aliphatic rings. The highest BCUT2D eigenvalue weighted by molar-refractivity contribution is 5.42. The van der Waals surface area contributed by atoms with Crippen LogP contribution in [0.1, 0.15) is 17.2 Å². The highest BCUT2D eigenvalue weighted by atomic mass is 16.5. The summed E-state index contributed by atoms with van der Waals surface area (Å²) in [6, 6.07) is 16.6. The van der Waals surface area contributed by atoms with E-state index >= 15 is 0 Å². The van der Waals surface area contributed by atoms with Gasteiger partial charge in [-0.3, -0.25) is 4.90 Å². The summed E-state index contributed by atoms with van der Waals surface area (Å²) in [6.45, 7) is 4.72. The average molecular weight is 339 g/mol. The van der Waals surface area contributed by atoms with Crippen LogP contribution in [0.25, 0.3) is 0 Å². The van der Waals surface area contributed by atoms with Gasteiger partial charge >= 0.3 is 0 Å². The summed E-state index contributed by atoms with van der Waals surface area (Å²) >= 11 is 0. The van der Waals surface area contributed by atoms with Crippen LogP contribution in [0.5, 0.6) is 11.5 Å². The fourth-order valence-corrected chi connectivity index (χ4v) is 3.93. The minimum absolute atomic E-state index is 0.0651. The van der Waals surface area contributed by atoms with Crippen molar-refractivity contribution >= 4 is 0 Å². The molecule has 25 heavy (non-hydrogen) atoms. The van der Waals surface area contributed by atoms with Gasteiger partial charge in [0.2, 0.25) is 0 Å². The lowest BCUT2D eigenvalue weighted by Gasteiger charge is -2.31. The summed E-state index contributed by atoms with van der Waals surface area (Å²) in [5, 5.41) is 0. The van der Waals surface area contributed by atoms with Crippen LogP contribution in [0, 0.1) is 5.92 Å². The minimum atomic E-state index is 0.0651. The Bertz CT molecular complexity index is 712. The number of fused-ring (bicyclic) bond motifs is 1. The summed E-state index contributed by atoms with van der Waals surface area (Å²) in [5.41, 5.74) is 2.72. The topological polar surface area (TPSA) is 30.9 Å². The van der Waals surface area contributed by atoms with E-state index < -0.39 is 0 Å². The van der Waals surface area contributed by atoms with Crippen molar-refractivity contribution in [2.24, 2.45) is 5.92 Å². The molecule has 1 fully saturated rings. The van der Waals surface area contributed by atoms with Gasteiger partial charge in [-0.25, -0.2) is 0 Å². The predicted octanol–water partition coefficient (Wildman–Crippen LogP) is 3.32. The van der Waals surface area contributed by atoms with Crippen LogP contribution in [0.2, 0.25) is 0 Å². The van der Waals surface area contributed by atoms with E-state index in [1.807, 2.05) is 24.3 Å². The molecule has 1 saturated heterocycles. The monoisotopic (exact) mass is 339 g/mol. The Morgan fingerprint density at radius 3 is 2.52 bits per heavy atom. The van der Waals surface area contributed by atoms with E-state index in [0.29, 0.717) is 5.92 Å². The zero-order valence-corrected chi connectivity index (χ0v) is 14.7. The van der Waals surface area contributed by atoms with Crippen LogP contribution in [0.15, 0.2) is 48.5 Å². The SMILES string of the molecule is COc1ccccc1OC1c2ccccc2CC1CN1CCOCC1. The first-order valence-corrected chi connectivity index (χ1v) is 9.02. The molecule has 1 aliphatic carbocycles. The van der Waals surface area contributed by atoms with Crippen molar-refractivity contribution in [1.29, 1.82) is 0 Å². The summed E-state index contributed by atoms with van der Waals surface area (Å²) in [7, 11) is 1.69. The molecule has 0 saturated carbocycles. The van der Waals surface area contributed by atoms with Gasteiger partial charge in [0.25, 0.3) is 0 Å². The van der Waals surface area contributed by atoms with Crippen molar-refractivity contribution in [2.45, 2.75) is 12.5 Å². The second kappa shape index (κ2) is 7.46. The Balaban J connectivity index is 1.58. The molecule has 1 heterocycles. The molecule has 4 heteroatoms. The molecular weight excluding hydrogens is 314 g/mol. The number of para-hydroxylation sites is 2. The van der Waals surface area contributed by atoms with Crippen molar-refractivity contribution in [3.05, 3.63) is 59.7 Å². The van der Waals surface area contributed by atoms with Crippen molar-refractivity contribution in [3.8, 4) is 11.5 Å². The third kappa shape index (κ3) is 3.51. The lowest BCUT2D eigenvalue weighted by atomic mass is 10.0. The van der Waals surface area contributed by atoms with Gasteiger partial charge in [0.05, 0.1) is 20.3 Å². The molecule has 132 valence electrons. The van der Waals surface area contributed by atoms with Crippen LogP contribution in [0.3, 0.4) is 0 Å². The van der Waals surface area contributed by atoms with Gasteiger partial charge in [0, 0.05) is 25.6 Å². The summed E-state index contributed by atoms with van der Waals surface area (Å²) in [4.78, 5) is 2.50. The number of ether oxygens (including phenoxy) is 3. The number of hydrogen-bond acceptors (Lipinski definition) is 4. The van der Waals surface area contributed by atoms with Crippen LogP contribution >= 0.6 is 0 Å². The van der Waals surface area contributed by atoms with Gasteiger partial charge < -0.3 is 14.2 Å². The van der Waals surface area contributed by atoms with E-state index in [2.05, 4.69) is 29.2 Å². The molecule has 4 nitrogen and oxygen atoms in total. The fraction of sp³-hybridized carbons (Fsp3) is 0.429. The Labute approximate surface area is 149 Å². The van der Waals surface area contributed by atoms with Gasteiger partial charge in [-0.1, -0.05) is 36.4 Å². The number of hydrogen-bond donors (Lipinski definition) is 0. The number of rotatable bonds is 5. The van der Waals surface area contributed by atoms with E-state index in [4.69, 9.17) is 14.2 Å². The number of nitrogens with zero attached hydrogens (tertiary/aromatic N) is 1. The highest BCUT2D eigenvalue weighted by Gasteiger charge is 2.35. The molecular formula is C21H25NO3. The Kier molecular flexibility index (Phi) is 4.90. The largest absolute Gasteiger partial charge is 0.493 e. The van der Waals surface area contributed by atoms with E-state index in [0.717, 1.165) is 50.8 Å². The van der Waals surface area contributed by atoms with Gasteiger partial charge in [0.1, 0.15) is 6.10 Å². The zero-order valence-electron chi connectivity index (χ0n) is 14.7. The summed E-state index contributed by atoms with van der Waals surface area (Å²) in [6.07, 6.45) is 1.13. The number of benzene rings is 2. The number of methoxy groups -OCH3 is 1. The molecule has 0 radical (unpaired) electrons. The van der Waals surface area contributed by atoms with Gasteiger partial charge in [-0.2, -0.15) is 0 Å². The van der Waals surface area contributed by atoms with E-state index in [1.54, 1.807) is 7.11 Å². The van der Waals surface area contributed by atoms with Crippen LogP contribution in [0.4, 0.5) is 0 Å². The van der Waals surface area contributed by atoms with Gasteiger partial charge in [0.15, 0.2) is 11.5 Å². The Hall–Kier alpha value is -2.04. The first-order valence-electron chi connectivity index (χ1n) is 9.02. The Morgan fingerprint density at radius 1 is 1.00 bits per heavy atom. The normalized spacial score (nSPS) is 23.2. The standard InChI is InChI=1S/C21H25NO3/c1-23-19-8-4-5-9-20(19)25-21-17(15-22-10-12-24-13-11-22)14-16-6-2-3-7-18(16)21/h2-9,17,21H,10-15H2,1H3. The fourth-order valence-electron chi connectivity index (χ4n) is 3.93. The predicted molar refractivity (Wildman–Crippen MR) is 97.3 cm³/mol. The first kappa shape index (κ1) is 16.4. The average Bonchev–Trinajstić information content (AvgIpc) is 3.00. The van der Waals surface area contributed by atoms with Crippen molar-refractivity contribution in [1.82, 2.24) is 4.90 Å². The molecule has 2 aromatic rings. The molecule has 2 unspecified atom stereocenters. The molecule has 0 aromatic heterocycles. The van der Waals surface area contributed by atoms with Gasteiger partial charge in [-0.15, -0.1) is 0 Å². The third-order valence-corrected chi connectivity index (χ3v) is 5.19. The third-order valence-electron chi connectivity index (χ3n) is 5.19. The Morgan fingerprint density at radius 2 is 1.72 bits per heavy atom. The smallest absolute Gasteiger partial charge is 0.162 e.